The van der Waals surface area contributed by atoms with Crippen LogP contribution >= 0.6 is 0 Å². The molecule has 1 aliphatic rings. The molecule has 2 aromatic rings. The number of likely N-dealkylation sites (N-methyl/N-ethyl adjacent to an activating group) is 1. The summed E-state index contributed by atoms with van der Waals surface area (Å²) in [5, 5.41) is 4.91. The maximum atomic E-state index is 4.40. The molecule has 1 saturated heterocycles. The predicted molar refractivity (Wildman–Crippen MR) is 74.5 cm³/mol. The molecule has 1 fully saturated rings. The predicted octanol–water partition coefficient (Wildman–Crippen LogP) is 2.03. The minimum Gasteiger partial charge on any atom is -0.309 e. The topological polar surface area (TPSA) is 28.2 Å². The first-order chi connectivity index (χ1) is 8.83. The van der Waals surface area contributed by atoms with Crippen LogP contribution in [0.4, 0.5) is 0 Å². The lowest BCUT2D eigenvalue weighted by Gasteiger charge is -2.13. The number of rotatable bonds is 3. The van der Waals surface area contributed by atoms with E-state index in [1.807, 2.05) is 12.3 Å². The lowest BCUT2D eigenvalue weighted by Crippen LogP contribution is -2.31. The van der Waals surface area contributed by atoms with Crippen LogP contribution in [0.1, 0.15) is 12.0 Å². The van der Waals surface area contributed by atoms with Gasteiger partial charge in [-0.05, 0) is 37.7 Å². The van der Waals surface area contributed by atoms with Crippen molar-refractivity contribution in [2.24, 2.45) is 0 Å². The zero-order valence-electron chi connectivity index (χ0n) is 10.8. The van der Waals surface area contributed by atoms with Gasteiger partial charge >= 0.3 is 0 Å². The van der Waals surface area contributed by atoms with Gasteiger partial charge in [-0.15, -0.1) is 0 Å². The van der Waals surface area contributed by atoms with Gasteiger partial charge in [-0.1, -0.05) is 18.2 Å². The Bertz CT molecular complexity index is 533. The standard InChI is InChI=1S/C15H19N3/c1-18-9-7-13(11-18)17-10-12-6-8-16-15-5-3-2-4-14(12)15/h2-6,8,13,17H,7,9-11H2,1H3. The number of benzene rings is 1. The second-order valence-electron chi connectivity index (χ2n) is 5.12. The minimum absolute atomic E-state index is 0.627. The van der Waals surface area contributed by atoms with E-state index in [0.29, 0.717) is 6.04 Å². The largest absolute Gasteiger partial charge is 0.309 e. The molecule has 3 nitrogen and oxygen atoms in total. The molecule has 0 aliphatic carbocycles. The summed E-state index contributed by atoms with van der Waals surface area (Å²) in [5.41, 5.74) is 2.43. The normalized spacial score (nSPS) is 20.6. The van der Waals surface area contributed by atoms with E-state index in [-0.39, 0.29) is 0 Å². The lowest BCUT2D eigenvalue weighted by molar-refractivity contribution is 0.398. The Hall–Kier alpha value is -1.45. The van der Waals surface area contributed by atoms with E-state index in [0.717, 1.165) is 18.6 Å². The Morgan fingerprint density at radius 2 is 2.22 bits per heavy atom. The van der Waals surface area contributed by atoms with E-state index in [1.54, 1.807) is 0 Å². The summed E-state index contributed by atoms with van der Waals surface area (Å²) in [6.45, 7) is 3.29. The fourth-order valence-electron chi connectivity index (χ4n) is 2.67. The van der Waals surface area contributed by atoms with Crippen molar-refractivity contribution >= 4 is 10.9 Å². The number of likely N-dealkylation sites (tertiary alicyclic amines) is 1. The van der Waals surface area contributed by atoms with Crippen LogP contribution in [0.5, 0.6) is 0 Å². The third-order valence-corrected chi connectivity index (χ3v) is 3.71. The van der Waals surface area contributed by atoms with Crippen LogP contribution in [0, 0.1) is 0 Å². The number of aromatic nitrogens is 1. The number of nitrogens with one attached hydrogen (secondary N) is 1. The Kier molecular flexibility index (Phi) is 3.26. The van der Waals surface area contributed by atoms with E-state index < -0.39 is 0 Å². The number of nitrogens with zero attached hydrogens (tertiary/aromatic N) is 2. The molecular formula is C15H19N3. The van der Waals surface area contributed by atoms with Crippen molar-refractivity contribution in [1.29, 1.82) is 0 Å². The molecule has 1 aromatic heterocycles. The molecule has 1 atom stereocenters. The summed E-state index contributed by atoms with van der Waals surface area (Å²) in [7, 11) is 2.18. The van der Waals surface area contributed by atoms with E-state index in [9.17, 15) is 0 Å². The van der Waals surface area contributed by atoms with Crippen molar-refractivity contribution in [3.63, 3.8) is 0 Å². The first kappa shape index (κ1) is 11.6. The molecule has 1 aromatic carbocycles. The SMILES string of the molecule is CN1CCC(NCc2ccnc3ccccc23)C1. The molecular weight excluding hydrogens is 222 g/mol. The number of fused-ring (bicyclic) bond motifs is 1. The van der Waals surface area contributed by atoms with Gasteiger partial charge in [0.25, 0.3) is 0 Å². The van der Waals surface area contributed by atoms with Crippen molar-refractivity contribution in [2.75, 3.05) is 20.1 Å². The zero-order valence-corrected chi connectivity index (χ0v) is 10.8. The van der Waals surface area contributed by atoms with Crippen molar-refractivity contribution in [1.82, 2.24) is 15.2 Å². The minimum atomic E-state index is 0.627. The molecule has 0 bridgehead atoms. The highest BCUT2D eigenvalue weighted by molar-refractivity contribution is 5.81. The summed E-state index contributed by atoms with van der Waals surface area (Å²) in [4.78, 5) is 6.77. The third kappa shape index (κ3) is 2.37. The highest BCUT2D eigenvalue weighted by Gasteiger charge is 2.18. The van der Waals surface area contributed by atoms with Gasteiger partial charge in [-0.2, -0.15) is 0 Å². The molecule has 1 N–H and O–H groups in total. The van der Waals surface area contributed by atoms with Crippen molar-refractivity contribution in [3.05, 3.63) is 42.1 Å². The fraction of sp³-hybridized carbons (Fsp3) is 0.400. The molecule has 1 aliphatic heterocycles. The molecule has 1 unspecified atom stereocenters. The fourth-order valence-corrected chi connectivity index (χ4v) is 2.67. The van der Waals surface area contributed by atoms with Gasteiger partial charge in [-0.3, -0.25) is 4.98 Å². The van der Waals surface area contributed by atoms with Gasteiger partial charge in [0, 0.05) is 30.7 Å². The second-order valence-corrected chi connectivity index (χ2v) is 5.12. The van der Waals surface area contributed by atoms with Crippen LogP contribution in [0.2, 0.25) is 0 Å². The van der Waals surface area contributed by atoms with Crippen LogP contribution < -0.4 is 5.32 Å². The molecule has 94 valence electrons. The molecule has 0 spiro atoms. The third-order valence-electron chi connectivity index (χ3n) is 3.71. The summed E-state index contributed by atoms with van der Waals surface area (Å²) in [6.07, 6.45) is 3.15. The van der Waals surface area contributed by atoms with Crippen LogP contribution in [0.25, 0.3) is 10.9 Å². The average Bonchev–Trinajstić information content (AvgIpc) is 2.82. The first-order valence-electron chi connectivity index (χ1n) is 6.57. The van der Waals surface area contributed by atoms with Crippen LogP contribution in [-0.4, -0.2) is 36.1 Å². The molecule has 3 heteroatoms. The molecule has 3 rings (SSSR count). The molecule has 18 heavy (non-hydrogen) atoms. The maximum absolute atomic E-state index is 4.40. The number of pyridine rings is 1. The van der Waals surface area contributed by atoms with Crippen LogP contribution in [0.3, 0.4) is 0 Å². The van der Waals surface area contributed by atoms with E-state index in [4.69, 9.17) is 0 Å². The number of hydrogen-bond donors (Lipinski definition) is 1. The molecule has 0 radical (unpaired) electrons. The molecule has 0 saturated carbocycles. The Morgan fingerprint density at radius 3 is 3.06 bits per heavy atom. The number of para-hydroxylation sites is 1. The van der Waals surface area contributed by atoms with Gasteiger partial charge in [0.2, 0.25) is 0 Å². The van der Waals surface area contributed by atoms with Crippen LogP contribution in [0.15, 0.2) is 36.5 Å². The Labute approximate surface area is 108 Å². The van der Waals surface area contributed by atoms with Gasteiger partial charge in [0.05, 0.1) is 5.52 Å². The summed E-state index contributed by atoms with van der Waals surface area (Å²) in [5.74, 6) is 0. The highest BCUT2D eigenvalue weighted by Crippen LogP contribution is 2.16. The first-order valence-corrected chi connectivity index (χ1v) is 6.57. The van der Waals surface area contributed by atoms with E-state index >= 15 is 0 Å². The van der Waals surface area contributed by atoms with Crippen molar-refractivity contribution in [2.45, 2.75) is 19.0 Å². The van der Waals surface area contributed by atoms with Crippen molar-refractivity contribution < 1.29 is 0 Å². The van der Waals surface area contributed by atoms with Gasteiger partial charge < -0.3 is 10.2 Å². The zero-order chi connectivity index (χ0) is 12.4. The summed E-state index contributed by atoms with van der Waals surface area (Å²) in [6, 6.07) is 11.1. The maximum Gasteiger partial charge on any atom is 0.0705 e. The quantitative estimate of drug-likeness (QED) is 0.891. The van der Waals surface area contributed by atoms with Crippen molar-refractivity contribution in [3.8, 4) is 0 Å². The van der Waals surface area contributed by atoms with Gasteiger partial charge in [0.15, 0.2) is 0 Å². The van der Waals surface area contributed by atoms with Gasteiger partial charge in [-0.25, -0.2) is 0 Å². The Balaban J connectivity index is 1.74. The highest BCUT2D eigenvalue weighted by atomic mass is 15.2. The average molecular weight is 241 g/mol. The molecule has 0 amide bonds. The number of hydrogen-bond acceptors (Lipinski definition) is 3. The van der Waals surface area contributed by atoms with E-state index in [1.165, 1.54) is 23.9 Å². The summed E-state index contributed by atoms with van der Waals surface area (Å²) < 4.78 is 0. The second kappa shape index (κ2) is 5.04. The lowest BCUT2D eigenvalue weighted by atomic mass is 10.1. The Morgan fingerprint density at radius 1 is 1.33 bits per heavy atom. The molecule has 2 heterocycles. The monoisotopic (exact) mass is 241 g/mol. The van der Waals surface area contributed by atoms with E-state index in [2.05, 4.69) is 46.5 Å². The smallest absolute Gasteiger partial charge is 0.0705 e. The van der Waals surface area contributed by atoms with Crippen LogP contribution in [-0.2, 0) is 6.54 Å². The summed E-state index contributed by atoms with van der Waals surface area (Å²) >= 11 is 0. The van der Waals surface area contributed by atoms with Gasteiger partial charge in [0.1, 0.15) is 0 Å².